The minimum absolute atomic E-state index is 0.239. The molecule has 1 heterocycles. The molecule has 0 unspecified atom stereocenters. The van der Waals surface area contributed by atoms with Gasteiger partial charge in [0, 0.05) is 12.2 Å². The molecule has 3 aromatic carbocycles. The Morgan fingerprint density at radius 3 is 1.53 bits per heavy atom. The van der Waals surface area contributed by atoms with Crippen molar-refractivity contribution in [3.8, 4) is 0 Å². The minimum atomic E-state index is -1.27. The summed E-state index contributed by atoms with van der Waals surface area (Å²) in [5.74, 6) is -1.33. The Hall–Kier alpha value is -4.04. The molecule has 0 saturated carbocycles. The summed E-state index contributed by atoms with van der Waals surface area (Å²) in [5, 5.41) is 1.13. The van der Waals surface area contributed by atoms with E-state index in [2.05, 4.69) is 0 Å². The third kappa shape index (κ3) is 6.98. The van der Waals surface area contributed by atoms with Gasteiger partial charge < -0.3 is 9.47 Å². The first kappa shape index (κ1) is 23.1. The molecule has 1 fully saturated rings. The normalized spacial score (nSPS) is 18.4. The fraction of sp³-hybridized carbons (Fsp3) is 0.111. The van der Waals surface area contributed by atoms with Crippen molar-refractivity contribution in [2.75, 3.05) is 0 Å². The standard InChI is InChI=1S/C27H23NO6/c29-24(18-16-21-10-4-1-5-11-21)31-26-27(32-25(30)19-17-22-12-6-2-7-13-22)34-28(33-26)20-23-14-8-3-9-15-23/h1-19,26-27H,20H2/b18-16-,19-17-/t26-,27+. The summed E-state index contributed by atoms with van der Waals surface area (Å²) in [6.07, 6.45) is 3.23. The van der Waals surface area contributed by atoms with E-state index in [4.69, 9.17) is 19.1 Å². The largest absolute Gasteiger partial charge is 0.424 e. The number of hydrogen-bond donors (Lipinski definition) is 0. The second kappa shape index (κ2) is 11.7. The number of rotatable bonds is 8. The summed E-state index contributed by atoms with van der Waals surface area (Å²) in [7, 11) is 0. The molecule has 3 aromatic rings. The molecule has 172 valence electrons. The Bertz CT molecular complexity index is 1060. The van der Waals surface area contributed by atoms with Gasteiger partial charge in [-0.1, -0.05) is 96.2 Å². The van der Waals surface area contributed by atoms with Gasteiger partial charge >= 0.3 is 11.9 Å². The predicted molar refractivity (Wildman–Crippen MR) is 125 cm³/mol. The van der Waals surface area contributed by atoms with Crippen molar-refractivity contribution in [1.82, 2.24) is 5.23 Å². The molecule has 0 radical (unpaired) electrons. The first-order valence-corrected chi connectivity index (χ1v) is 10.7. The average molecular weight is 457 g/mol. The van der Waals surface area contributed by atoms with E-state index in [1.165, 1.54) is 12.2 Å². The molecule has 4 rings (SSSR count). The van der Waals surface area contributed by atoms with E-state index in [0.29, 0.717) is 0 Å². The highest BCUT2D eigenvalue weighted by atomic mass is 17.1. The molecule has 2 atom stereocenters. The van der Waals surface area contributed by atoms with Gasteiger partial charge in [-0.15, -0.1) is 0 Å². The number of carbonyl (C=O) groups is 2. The molecule has 1 saturated heterocycles. The fourth-order valence-electron chi connectivity index (χ4n) is 3.08. The molecular weight excluding hydrogens is 434 g/mol. The maximum atomic E-state index is 12.4. The Balaban J connectivity index is 1.41. The Labute approximate surface area is 197 Å². The van der Waals surface area contributed by atoms with Gasteiger partial charge in [0.1, 0.15) is 0 Å². The van der Waals surface area contributed by atoms with Gasteiger partial charge in [0.2, 0.25) is 0 Å². The van der Waals surface area contributed by atoms with Crippen LogP contribution in [0.2, 0.25) is 0 Å². The van der Waals surface area contributed by atoms with Crippen molar-refractivity contribution in [3.05, 3.63) is 120 Å². The lowest BCUT2D eigenvalue weighted by Crippen LogP contribution is -2.31. The van der Waals surface area contributed by atoms with Gasteiger partial charge in [0.15, 0.2) is 0 Å². The van der Waals surface area contributed by atoms with Crippen molar-refractivity contribution in [3.63, 3.8) is 0 Å². The first-order chi connectivity index (χ1) is 16.7. The molecule has 0 bridgehead atoms. The van der Waals surface area contributed by atoms with Crippen molar-refractivity contribution in [2.24, 2.45) is 0 Å². The van der Waals surface area contributed by atoms with Crippen LogP contribution in [0.15, 0.2) is 103 Å². The molecule has 0 N–H and O–H groups in total. The number of esters is 2. The second-order valence-electron chi connectivity index (χ2n) is 7.29. The van der Waals surface area contributed by atoms with Gasteiger partial charge in [-0.05, 0) is 28.8 Å². The highest BCUT2D eigenvalue weighted by molar-refractivity contribution is 5.88. The van der Waals surface area contributed by atoms with Crippen LogP contribution < -0.4 is 0 Å². The van der Waals surface area contributed by atoms with E-state index < -0.39 is 24.5 Å². The van der Waals surface area contributed by atoms with Crippen LogP contribution in [0, 0.1) is 0 Å². The number of ether oxygens (including phenoxy) is 2. The van der Waals surface area contributed by atoms with Crippen LogP contribution in [0.4, 0.5) is 0 Å². The lowest BCUT2D eigenvalue weighted by Gasteiger charge is -2.14. The van der Waals surface area contributed by atoms with Crippen LogP contribution in [0.25, 0.3) is 12.2 Å². The maximum absolute atomic E-state index is 12.4. The third-order valence-electron chi connectivity index (χ3n) is 4.71. The molecule has 0 spiro atoms. The van der Waals surface area contributed by atoms with Crippen molar-refractivity contribution < 1.29 is 28.7 Å². The van der Waals surface area contributed by atoms with Crippen molar-refractivity contribution in [2.45, 2.75) is 19.1 Å². The highest BCUT2D eigenvalue weighted by Crippen LogP contribution is 2.23. The van der Waals surface area contributed by atoms with Crippen LogP contribution in [-0.4, -0.2) is 29.7 Å². The lowest BCUT2D eigenvalue weighted by molar-refractivity contribution is -0.343. The molecular formula is C27H23NO6. The van der Waals surface area contributed by atoms with E-state index in [-0.39, 0.29) is 6.54 Å². The number of nitrogens with zero attached hydrogens (tertiary/aromatic N) is 1. The molecule has 0 amide bonds. The monoisotopic (exact) mass is 457 g/mol. The Morgan fingerprint density at radius 2 is 1.09 bits per heavy atom. The highest BCUT2D eigenvalue weighted by Gasteiger charge is 2.41. The number of hydrogen-bond acceptors (Lipinski definition) is 7. The summed E-state index contributed by atoms with van der Waals surface area (Å²) in [6.45, 7) is 0.239. The first-order valence-electron chi connectivity index (χ1n) is 10.7. The summed E-state index contributed by atoms with van der Waals surface area (Å²) in [6, 6.07) is 28.0. The van der Waals surface area contributed by atoms with Crippen molar-refractivity contribution >= 4 is 24.1 Å². The smallest absolute Gasteiger partial charge is 0.333 e. The molecule has 7 nitrogen and oxygen atoms in total. The fourth-order valence-corrected chi connectivity index (χ4v) is 3.08. The summed E-state index contributed by atoms with van der Waals surface area (Å²) in [4.78, 5) is 35.9. The summed E-state index contributed by atoms with van der Waals surface area (Å²) >= 11 is 0. The average Bonchev–Trinajstić information content (AvgIpc) is 3.23. The summed E-state index contributed by atoms with van der Waals surface area (Å²) in [5.41, 5.74) is 2.57. The molecule has 34 heavy (non-hydrogen) atoms. The van der Waals surface area contributed by atoms with Crippen molar-refractivity contribution in [1.29, 1.82) is 0 Å². The van der Waals surface area contributed by atoms with Crippen LogP contribution in [0.1, 0.15) is 16.7 Å². The Morgan fingerprint density at radius 1 is 0.676 bits per heavy atom. The lowest BCUT2D eigenvalue weighted by atomic mass is 10.2. The van der Waals surface area contributed by atoms with E-state index in [1.807, 2.05) is 91.0 Å². The van der Waals surface area contributed by atoms with Crippen LogP contribution >= 0.6 is 0 Å². The number of benzene rings is 3. The van der Waals surface area contributed by atoms with Gasteiger partial charge in [-0.25, -0.2) is 19.3 Å². The topological polar surface area (TPSA) is 74.3 Å². The van der Waals surface area contributed by atoms with E-state index in [9.17, 15) is 9.59 Å². The van der Waals surface area contributed by atoms with E-state index in [0.717, 1.165) is 21.9 Å². The summed E-state index contributed by atoms with van der Waals surface area (Å²) < 4.78 is 10.7. The zero-order valence-corrected chi connectivity index (χ0v) is 18.2. The zero-order chi connectivity index (χ0) is 23.6. The van der Waals surface area contributed by atoms with Crippen LogP contribution in [0.3, 0.4) is 0 Å². The minimum Gasteiger partial charge on any atom is -0.424 e. The molecule has 1 aliphatic rings. The molecule has 1 aliphatic heterocycles. The number of hydroxylamine groups is 2. The quantitative estimate of drug-likeness (QED) is 0.363. The second-order valence-corrected chi connectivity index (χ2v) is 7.29. The van der Waals surface area contributed by atoms with Gasteiger partial charge in [-0.3, -0.25) is 0 Å². The van der Waals surface area contributed by atoms with Gasteiger partial charge in [0.25, 0.3) is 12.6 Å². The zero-order valence-electron chi connectivity index (χ0n) is 18.2. The number of carbonyl (C=O) groups excluding carboxylic acids is 2. The van der Waals surface area contributed by atoms with Gasteiger partial charge in [-0.2, -0.15) is 0 Å². The van der Waals surface area contributed by atoms with Gasteiger partial charge in [0.05, 0.1) is 6.54 Å². The molecule has 0 aromatic heterocycles. The Kier molecular flexibility index (Phi) is 7.97. The SMILES string of the molecule is O=C(/C=C\c1ccccc1)O[C@@H]1ON(Cc2ccccc2)O[C@@H]1OC(=O)/C=C\c1ccccc1. The van der Waals surface area contributed by atoms with Crippen LogP contribution in [0.5, 0.6) is 0 Å². The molecule has 7 heteroatoms. The molecule has 0 aliphatic carbocycles. The predicted octanol–water partition coefficient (Wildman–Crippen LogP) is 4.53. The van der Waals surface area contributed by atoms with E-state index in [1.54, 1.807) is 12.2 Å². The van der Waals surface area contributed by atoms with E-state index >= 15 is 0 Å². The maximum Gasteiger partial charge on any atom is 0.333 e. The van der Waals surface area contributed by atoms with Crippen LogP contribution in [-0.2, 0) is 35.3 Å². The third-order valence-corrected chi connectivity index (χ3v) is 4.71.